The summed E-state index contributed by atoms with van der Waals surface area (Å²) in [6.07, 6.45) is 0. The van der Waals surface area contributed by atoms with E-state index in [2.05, 4.69) is 10.2 Å². The van der Waals surface area contributed by atoms with Gasteiger partial charge in [-0.1, -0.05) is 23.2 Å². The van der Waals surface area contributed by atoms with E-state index in [-0.39, 0.29) is 5.89 Å². The van der Waals surface area contributed by atoms with Gasteiger partial charge in [0.25, 0.3) is 0 Å². The van der Waals surface area contributed by atoms with Gasteiger partial charge >= 0.3 is 0 Å². The Morgan fingerprint density at radius 2 is 1.88 bits per heavy atom. The first kappa shape index (κ1) is 11.2. The Morgan fingerprint density at radius 1 is 1.19 bits per heavy atom. The van der Waals surface area contributed by atoms with Gasteiger partial charge in [-0.15, -0.1) is 10.2 Å². The van der Waals surface area contributed by atoms with Crippen LogP contribution in [0.5, 0.6) is 5.75 Å². The highest BCUT2D eigenvalue weighted by molar-refractivity contribution is 6.43. The molecule has 0 N–H and O–H groups in total. The van der Waals surface area contributed by atoms with Crippen LogP contribution in [0.25, 0.3) is 11.5 Å². The minimum Gasteiger partial charge on any atom is -0.497 e. The molecule has 0 aliphatic carbocycles. The number of methoxy groups -OCH3 is 1. The maximum atomic E-state index is 5.60. The quantitative estimate of drug-likeness (QED) is 0.794. The monoisotopic (exact) mass is 258 g/mol. The number of halogens is 2. The van der Waals surface area contributed by atoms with Crippen LogP contribution in [0.15, 0.2) is 28.7 Å². The summed E-state index contributed by atoms with van der Waals surface area (Å²) in [5, 5.41) is 7.56. The summed E-state index contributed by atoms with van der Waals surface area (Å²) in [5.74, 6) is 1.33. The smallest absolute Gasteiger partial charge is 0.249 e. The number of rotatable bonds is 3. The van der Waals surface area contributed by atoms with Gasteiger partial charge in [0.1, 0.15) is 5.75 Å². The molecule has 6 heteroatoms. The van der Waals surface area contributed by atoms with Crippen LogP contribution in [0, 0.1) is 0 Å². The number of ether oxygens (including phenoxy) is 1. The van der Waals surface area contributed by atoms with E-state index in [1.165, 1.54) is 0 Å². The van der Waals surface area contributed by atoms with Crippen LogP contribution in [0.1, 0.15) is 10.7 Å². The van der Waals surface area contributed by atoms with Crippen molar-refractivity contribution in [3.8, 4) is 17.2 Å². The highest BCUT2D eigenvalue weighted by Gasteiger charge is 2.13. The zero-order chi connectivity index (χ0) is 11.5. The Kier molecular flexibility index (Phi) is 3.31. The van der Waals surface area contributed by atoms with Crippen molar-refractivity contribution >= 4 is 23.2 Å². The zero-order valence-corrected chi connectivity index (χ0v) is 9.87. The minimum absolute atomic E-state index is 0.189. The molecule has 0 saturated heterocycles. The molecule has 0 aliphatic rings. The van der Waals surface area contributed by atoms with Crippen molar-refractivity contribution in [3.63, 3.8) is 0 Å². The maximum absolute atomic E-state index is 5.60. The first-order valence-corrected chi connectivity index (χ1v) is 5.34. The van der Waals surface area contributed by atoms with Gasteiger partial charge in [0.15, 0.2) is 4.84 Å². The molecule has 4 nitrogen and oxygen atoms in total. The largest absolute Gasteiger partial charge is 0.497 e. The van der Waals surface area contributed by atoms with Crippen molar-refractivity contribution in [1.82, 2.24) is 10.2 Å². The van der Waals surface area contributed by atoms with E-state index in [0.717, 1.165) is 11.3 Å². The molecule has 0 unspecified atom stereocenters. The molecule has 1 aromatic carbocycles. The molecule has 2 aromatic rings. The molecular formula is C10H8Cl2N2O2. The molecule has 2 rings (SSSR count). The van der Waals surface area contributed by atoms with Crippen molar-refractivity contribution < 1.29 is 9.15 Å². The summed E-state index contributed by atoms with van der Waals surface area (Å²) < 4.78 is 10.3. The molecule has 0 bridgehead atoms. The van der Waals surface area contributed by atoms with Crippen LogP contribution < -0.4 is 4.74 Å². The van der Waals surface area contributed by atoms with Gasteiger partial charge in [0, 0.05) is 5.56 Å². The Bertz CT molecular complexity index is 468. The third kappa shape index (κ3) is 2.28. The molecule has 0 spiro atoms. The lowest BCUT2D eigenvalue weighted by atomic mass is 10.2. The second-order valence-electron chi connectivity index (χ2n) is 2.97. The van der Waals surface area contributed by atoms with E-state index >= 15 is 0 Å². The van der Waals surface area contributed by atoms with E-state index in [0.29, 0.717) is 5.89 Å². The molecule has 0 saturated carbocycles. The number of alkyl halides is 2. The van der Waals surface area contributed by atoms with Crippen molar-refractivity contribution in [2.24, 2.45) is 0 Å². The summed E-state index contributed by atoms with van der Waals surface area (Å²) in [5.41, 5.74) is 0.786. The van der Waals surface area contributed by atoms with E-state index in [4.69, 9.17) is 32.4 Å². The normalized spacial score (nSPS) is 10.8. The fraction of sp³-hybridized carbons (Fsp3) is 0.200. The van der Waals surface area contributed by atoms with E-state index in [1.807, 2.05) is 12.1 Å². The van der Waals surface area contributed by atoms with E-state index in [1.54, 1.807) is 19.2 Å². The van der Waals surface area contributed by atoms with Crippen LogP contribution in [0.2, 0.25) is 0 Å². The van der Waals surface area contributed by atoms with Gasteiger partial charge in [-0.25, -0.2) is 0 Å². The topological polar surface area (TPSA) is 48.2 Å². The Hall–Kier alpha value is -1.26. The maximum Gasteiger partial charge on any atom is 0.249 e. The molecule has 0 atom stereocenters. The predicted molar refractivity (Wildman–Crippen MR) is 60.7 cm³/mol. The van der Waals surface area contributed by atoms with Crippen molar-refractivity contribution in [1.29, 1.82) is 0 Å². The third-order valence-corrected chi connectivity index (χ3v) is 2.34. The lowest BCUT2D eigenvalue weighted by Crippen LogP contribution is -1.82. The molecule has 1 heterocycles. The second kappa shape index (κ2) is 4.72. The molecule has 16 heavy (non-hydrogen) atoms. The first-order chi connectivity index (χ1) is 7.70. The Balaban J connectivity index is 2.28. The molecule has 1 aromatic heterocycles. The number of nitrogens with zero attached hydrogens (tertiary/aromatic N) is 2. The first-order valence-electron chi connectivity index (χ1n) is 4.46. The van der Waals surface area contributed by atoms with E-state index < -0.39 is 4.84 Å². The van der Waals surface area contributed by atoms with Crippen LogP contribution >= 0.6 is 23.2 Å². The van der Waals surface area contributed by atoms with Crippen molar-refractivity contribution in [3.05, 3.63) is 30.2 Å². The number of aromatic nitrogens is 2. The van der Waals surface area contributed by atoms with Crippen molar-refractivity contribution in [2.45, 2.75) is 4.84 Å². The lowest BCUT2D eigenvalue weighted by molar-refractivity contribution is 0.415. The van der Waals surface area contributed by atoms with Gasteiger partial charge in [0.2, 0.25) is 11.8 Å². The number of hydrogen-bond donors (Lipinski definition) is 0. The summed E-state index contributed by atoms with van der Waals surface area (Å²) in [4.78, 5) is -0.806. The molecular weight excluding hydrogens is 251 g/mol. The second-order valence-corrected chi connectivity index (χ2v) is 4.07. The average Bonchev–Trinajstić information content (AvgIpc) is 2.78. The lowest BCUT2D eigenvalue weighted by Gasteiger charge is -1.99. The van der Waals surface area contributed by atoms with Crippen molar-refractivity contribution in [2.75, 3.05) is 7.11 Å². The third-order valence-electron chi connectivity index (χ3n) is 1.96. The standard InChI is InChI=1S/C10H8Cl2N2O2/c1-15-7-4-2-6(3-5-7)9-13-14-10(16-9)8(11)12/h2-5,8H,1H3. The summed E-state index contributed by atoms with van der Waals surface area (Å²) in [6, 6.07) is 7.23. The SMILES string of the molecule is COc1ccc(-c2nnc(C(Cl)Cl)o2)cc1. The Morgan fingerprint density at radius 3 is 2.38 bits per heavy atom. The molecule has 0 fully saturated rings. The van der Waals surface area contributed by atoms with Crippen LogP contribution in [-0.4, -0.2) is 17.3 Å². The fourth-order valence-electron chi connectivity index (χ4n) is 1.17. The molecule has 0 amide bonds. The highest BCUT2D eigenvalue weighted by Crippen LogP contribution is 2.27. The zero-order valence-electron chi connectivity index (χ0n) is 8.35. The highest BCUT2D eigenvalue weighted by atomic mass is 35.5. The van der Waals surface area contributed by atoms with Crippen LogP contribution in [0.4, 0.5) is 0 Å². The number of hydrogen-bond acceptors (Lipinski definition) is 4. The summed E-state index contributed by atoms with van der Waals surface area (Å²) in [6.45, 7) is 0. The van der Waals surface area contributed by atoms with E-state index in [9.17, 15) is 0 Å². The van der Waals surface area contributed by atoms with Gasteiger partial charge in [-0.2, -0.15) is 0 Å². The Labute approximate surface area is 102 Å². The average molecular weight is 259 g/mol. The molecule has 0 aliphatic heterocycles. The predicted octanol–water partition coefficient (Wildman–Crippen LogP) is 3.22. The minimum atomic E-state index is -0.806. The summed E-state index contributed by atoms with van der Waals surface area (Å²) in [7, 11) is 1.60. The van der Waals surface area contributed by atoms with Gasteiger partial charge in [0.05, 0.1) is 7.11 Å². The van der Waals surface area contributed by atoms with Crippen LogP contribution in [-0.2, 0) is 0 Å². The number of benzene rings is 1. The fourth-order valence-corrected chi connectivity index (χ4v) is 1.35. The summed E-state index contributed by atoms with van der Waals surface area (Å²) >= 11 is 11.2. The molecule has 0 radical (unpaired) electrons. The molecule has 84 valence electrons. The van der Waals surface area contributed by atoms with Crippen LogP contribution in [0.3, 0.4) is 0 Å². The van der Waals surface area contributed by atoms with Gasteiger partial charge in [-0.05, 0) is 24.3 Å². The van der Waals surface area contributed by atoms with Gasteiger partial charge < -0.3 is 9.15 Å². The van der Waals surface area contributed by atoms with Gasteiger partial charge in [-0.3, -0.25) is 0 Å².